The second-order valence-corrected chi connectivity index (χ2v) is 7.78. The Bertz CT molecular complexity index is 423. The number of rotatable bonds is 3. The number of amides is 1. The van der Waals surface area contributed by atoms with Gasteiger partial charge in [0.1, 0.15) is 11.6 Å². The molecule has 5 atom stereocenters. The van der Waals surface area contributed by atoms with Gasteiger partial charge in [0.05, 0.1) is 0 Å². The monoisotopic (exact) mass is 279 g/mol. The highest BCUT2D eigenvalue weighted by atomic mass is 16.6. The molecule has 3 rings (SSSR count). The van der Waals surface area contributed by atoms with Crippen LogP contribution in [0.15, 0.2) is 0 Å². The zero-order valence-electron chi connectivity index (χ0n) is 12.8. The first kappa shape index (κ1) is 13.9. The summed E-state index contributed by atoms with van der Waals surface area (Å²) in [6, 6.07) is -0.555. The van der Waals surface area contributed by atoms with Crippen LogP contribution < -0.4 is 5.32 Å². The zero-order chi connectivity index (χ0) is 14.7. The smallest absolute Gasteiger partial charge is 0.328 e. The van der Waals surface area contributed by atoms with Crippen molar-refractivity contribution in [3.63, 3.8) is 0 Å². The predicted molar refractivity (Wildman–Crippen MR) is 74.8 cm³/mol. The first-order valence-electron chi connectivity index (χ1n) is 7.81. The number of fused-ring (bicyclic) bond motifs is 5. The third-order valence-electron chi connectivity index (χ3n) is 5.16. The quantitative estimate of drug-likeness (QED) is 0.805. The molecule has 0 aromatic carbocycles. The molecule has 112 valence electrons. The molecule has 0 heterocycles. The number of nitrogens with one attached hydrogen (secondary N) is 1. The number of carbonyl (C=O) groups excluding carboxylic acids is 2. The molecule has 1 amide bonds. The van der Waals surface area contributed by atoms with Gasteiger partial charge in [-0.2, -0.15) is 0 Å². The van der Waals surface area contributed by atoms with E-state index in [2.05, 4.69) is 5.32 Å². The SMILES string of the molecule is C[C@H](NC(=O)C1C2C3CCC(C3)C12)C(=O)OC(C)(C)C. The van der Waals surface area contributed by atoms with Crippen LogP contribution in [-0.2, 0) is 14.3 Å². The van der Waals surface area contributed by atoms with E-state index in [9.17, 15) is 9.59 Å². The Hall–Kier alpha value is -1.06. The molecule has 1 N–H and O–H groups in total. The van der Waals surface area contributed by atoms with Crippen molar-refractivity contribution in [3.05, 3.63) is 0 Å². The third kappa shape index (κ3) is 2.33. The zero-order valence-corrected chi connectivity index (χ0v) is 12.8. The lowest BCUT2D eigenvalue weighted by molar-refractivity contribution is -0.158. The highest BCUT2D eigenvalue weighted by molar-refractivity contribution is 5.88. The summed E-state index contributed by atoms with van der Waals surface area (Å²) in [5.74, 6) is 2.66. The average molecular weight is 279 g/mol. The van der Waals surface area contributed by atoms with E-state index in [1.807, 2.05) is 20.8 Å². The molecule has 4 unspecified atom stereocenters. The molecule has 3 aliphatic carbocycles. The van der Waals surface area contributed by atoms with Crippen molar-refractivity contribution in [2.45, 2.75) is 58.6 Å². The maximum absolute atomic E-state index is 12.3. The summed E-state index contributed by atoms with van der Waals surface area (Å²) in [4.78, 5) is 24.2. The van der Waals surface area contributed by atoms with Crippen LogP contribution in [0.25, 0.3) is 0 Å². The van der Waals surface area contributed by atoms with Crippen molar-refractivity contribution in [1.82, 2.24) is 5.32 Å². The van der Waals surface area contributed by atoms with Crippen LogP contribution in [0, 0.1) is 29.6 Å². The summed E-state index contributed by atoms with van der Waals surface area (Å²) in [6.45, 7) is 7.21. The summed E-state index contributed by atoms with van der Waals surface area (Å²) in [6.07, 6.45) is 3.94. The van der Waals surface area contributed by atoms with Crippen molar-refractivity contribution in [2.75, 3.05) is 0 Å². The van der Waals surface area contributed by atoms with E-state index in [1.165, 1.54) is 19.3 Å². The van der Waals surface area contributed by atoms with Gasteiger partial charge in [-0.05, 0) is 70.6 Å². The largest absolute Gasteiger partial charge is 0.458 e. The minimum absolute atomic E-state index is 0.0648. The molecule has 4 nitrogen and oxygen atoms in total. The third-order valence-corrected chi connectivity index (χ3v) is 5.16. The molecular formula is C16H25NO3. The van der Waals surface area contributed by atoms with Gasteiger partial charge in [-0.3, -0.25) is 4.79 Å². The van der Waals surface area contributed by atoms with E-state index < -0.39 is 11.6 Å². The normalized spacial score (nSPS) is 39.1. The van der Waals surface area contributed by atoms with Gasteiger partial charge in [0, 0.05) is 5.92 Å². The summed E-state index contributed by atoms with van der Waals surface area (Å²) < 4.78 is 5.30. The molecule has 3 saturated carbocycles. The Morgan fingerprint density at radius 3 is 2.20 bits per heavy atom. The van der Waals surface area contributed by atoms with E-state index in [-0.39, 0.29) is 17.8 Å². The molecule has 0 aromatic rings. The van der Waals surface area contributed by atoms with Gasteiger partial charge in [0.15, 0.2) is 0 Å². The summed E-state index contributed by atoms with van der Waals surface area (Å²) in [5.41, 5.74) is -0.509. The Morgan fingerprint density at radius 2 is 1.70 bits per heavy atom. The van der Waals surface area contributed by atoms with E-state index in [4.69, 9.17) is 4.74 Å². The first-order valence-corrected chi connectivity index (χ1v) is 7.81. The lowest BCUT2D eigenvalue weighted by atomic mass is 10.0. The van der Waals surface area contributed by atoms with Gasteiger partial charge >= 0.3 is 5.97 Å². The van der Waals surface area contributed by atoms with Crippen molar-refractivity contribution in [1.29, 1.82) is 0 Å². The van der Waals surface area contributed by atoms with E-state index in [1.54, 1.807) is 6.92 Å². The molecule has 0 aromatic heterocycles. The van der Waals surface area contributed by atoms with Crippen LogP contribution in [0.1, 0.15) is 47.0 Å². The summed E-state index contributed by atoms with van der Waals surface area (Å²) >= 11 is 0. The average Bonchev–Trinajstić information content (AvgIpc) is 2.77. The second kappa shape index (κ2) is 4.47. The van der Waals surface area contributed by atoms with Crippen molar-refractivity contribution < 1.29 is 14.3 Å². The second-order valence-electron chi connectivity index (χ2n) is 7.78. The van der Waals surface area contributed by atoms with Crippen LogP contribution >= 0.6 is 0 Å². The maximum atomic E-state index is 12.3. The molecule has 0 aliphatic heterocycles. The van der Waals surface area contributed by atoms with Gasteiger partial charge in [0.2, 0.25) is 5.91 Å². The van der Waals surface area contributed by atoms with Crippen LogP contribution in [0.2, 0.25) is 0 Å². The molecule has 0 spiro atoms. The van der Waals surface area contributed by atoms with Gasteiger partial charge < -0.3 is 10.1 Å². The van der Waals surface area contributed by atoms with Gasteiger partial charge in [-0.15, -0.1) is 0 Å². The minimum atomic E-state index is -0.555. The molecule has 4 heteroatoms. The van der Waals surface area contributed by atoms with Crippen molar-refractivity contribution >= 4 is 11.9 Å². The number of hydrogen-bond donors (Lipinski definition) is 1. The highest BCUT2D eigenvalue weighted by Crippen LogP contribution is 2.69. The number of carbonyl (C=O) groups is 2. The Kier molecular flexibility index (Phi) is 3.11. The summed E-state index contributed by atoms with van der Waals surface area (Å²) in [7, 11) is 0. The van der Waals surface area contributed by atoms with Crippen LogP contribution in [0.5, 0.6) is 0 Å². The topological polar surface area (TPSA) is 55.4 Å². The number of ether oxygens (including phenoxy) is 1. The van der Waals surface area contributed by atoms with Crippen LogP contribution in [0.3, 0.4) is 0 Å². The molecule has 0 radical (unpaired) electrons. The first-order chi connectivity index (χ1) is 9.28. The summed E-state index contributed by atoms with van der Waals surface area (Å²) in [5, 5.41) is 2.85. The Labute approximate surface area is 120 Å². The van der Waals surface area contributed by atoms with E-state index >= 15 is 0 Å². The lowest BCUT2D eigenvalue weighted by Gasteiger charge is -2.23. The fourth-order valence-corrected chi connectivity index (χ4v) is 4.43. The standard InChI is InChI=1S/C16H25NO3/c1-8(15(19)20-16(2,3)4)17-14(18)13-11-9-5-6-10(7-9)12(11)13/h8-13H,5-7H2,1-4H3,(H,17,18)/t8-,9?,10?,11?,12?,13?/m0/s1. The maximum Gasteiger partial charge on any atom is 0.328 e. The lowest BCUT2D eigenvalue weighted by Crippen LogP contribution is -2.43. The van der Waals surface area contributed by atoms with Gasteiger partial charge in [-0.1, -0.05) is 0 Å². The van der Waals surface area contributed by atoms with E-state index in [0.29, 0.717) is 11.8 Å². The fourth-order valence-electron chi connectivity index (χ4n) is 4.43. The highest BCUT2D eigenvalue weighted by Gasteiger charge is 2.67. The molecule has 0 saturated heterocycles. The van der Waals surface area contributed by atoms with E-state index in [0.717, 1.165) is 11.8 Å². The van der Waals surface area contributed by atoms with Crippen LogP contribution in [0.4, 0.5) is 0 Å². The molecule has 20 heavy (non-hydrogen) atoms. The van der Waals surface area contributed by atoms with Crippen molar-refractivity contribution in [3.8, 4) is 0 Å². The predicted octanol–water partition coefficient (Wildman–Crippen LogP) is 2.12. The minimum Gasteiger partial charge on any atom is -0.458 e. The Morgan fingerprint density at radius 1 is 1.15 bits per heavy atom. The molecule has 2 bridgehead atoms. The number of esters is 1. The van der Waals surface area contributed by atoms with Crippen LogP contribution in [-0.4, -0.2) is 23.5 Å². The van der Waals surface area contributed by atoms with Gasteiger partial charge in [-0.25, -0.2) is 4.79 Å². The number of hydrogen-bond acceptors (Lipinski definition) is 3. The fraction of sp³-hybridized carbons (Fsp3) is 0.875. The molecule has 3 aliphatic rings. The Balaban J connectivity index is 1.52. The van der Waals surface area contributed by atoms with Gasteiger partial charge in [0.25, 0.3) is 0 Å². The molecule has 3 fully saturated rings. The molecular weight excluding hydrogens is 254 g/mol. The van der Waals surface area contributed by atoms with Crippen molar-refractivity contribution in [2.24, 2.45) is 29.6 Å².